The summed E-state index contributed by atoms with van der Waals surface area (Å²) >= 11 is 0. The van der Waals surface area contributed by atoms with Crippen LogP contribution in [0.2, 0.25) is 0 Å². The number of unbranched alkanes of at least 4 members (excludes halogenated alkanes) is 2. The zero-order chi connectivity index (χ0) is 14.6. The summed E-state index contributed by atoms with van der Waals surface area (Å²) in [5.74, 6) is 0.874. The molecule has 0 aliphatic heterocycles. The number of nitrogens with zero attached hydrogens (tertiary/aromatic N) is 1. The third-order valence-corrected chi connectivity index (χ3v) is 3.05. The largest absolute Gasteiger partial charge is 0.494 e. The molecule has 1 N–H and O–H groups in total. The number of carbonyl (C=O) groups excluding carboxylic acids is 1. The zero-order valence-electron chi connectivity index (χ0n) is 12.6. The Morgan fingerprint density at radius 3 is 2.65 bits per heavy atom. The van der Waals surface area contributed by atoms with E-state index in [9.17, 15) is 4.79 Å². The van der Waals surface area contributed by atoms with Gasteiger partial charge in [-0.05, 0) is 25.0 Å². The minimum Gasteiger partial charge on any atom is -0.494 e. The topological polar surface area (TPSA) is 41.6 Å². The number of benzene rings is 1. The number of amides is 2. The van der Waals surface area contributed by atoms with Crippen LogP contribution in [0.1, 0.15) is 32.6 Å². The lowest BCUT2D eigenvalue weighted by atomic mass is 10.2. The van der Waals surface area contributed by atoms with Crippen molar-refractivity contribution in [3.63, 3.8) is 0 Å². The van der Waals surface area contributed by atoms with E-state index in [0.717, 1.165) is 31.6 Å². The minimum absolute atomic E-state index is 0.000754. The third-order valence-electron chi connectivity index (χ3n) is 3.05. The molecule has 0 spiro atoms. The maximum absolute atomic E-state index is 11.7. The number of nitrogens with one attached hydrogen (secondary N) is 1. The Morgan fingerprint density at radius 1 is 1.20 bits per heavy atom. The van der Waals surface area contributed by atoms with Gasteiger partial charge in [0, 0.05) is 20.1 Å². The lowest BCUT2D eigenvalue weighted by Crippen LogP contribution is -2.38. The maximum Gasteiger partial charge on any atom is 0.317 e. The monoisotopic (exact) mass is 278 g/mol. The van der Waals surface area contributed by atoms with E-state index in [1.54, 1.807) is 4.90 Å². The Labute approximate surface area is 122 Å². The molecule has 4 nitrogen and oxygen atoms in total. The van der Waals surface area contributed by atoms with Gasteiger partial charge in [-0.25, -0.2) is 4.79 Å². The molecule has 0 heterocycles. The summed E-state index contributed by atoms with van der Waals surface area (Å²) in [5.41, 5.74) is 0. The molecule has 0 bridgehead atoms. The van der Waals surface area contributed by atoms with E-state index in [0.29, 0.717) is 13.2 Å². The quantitative estimate of drug-likeness (QED) is 0.704. The summed E-state index contributed by atoms with van der Waals surface area (Å²) in [6, 6.07) is 9.73. The smallest absolute Gasteiger partial charge is 0.317 e. The fourth-order valence-corrected chi connectivity index (χ4v) is 1.82. The molecule has 0 saturated carbocycles. The Hall–Kier alpha value is -1.71. The first-order chi connectivity index (χ1) is 9.74. The summed E-state index contributed by atoms with van der Waals surface area (Å²) in [4.78, 5) is 13.5. The van der Waals surface area contributed by atoms with Gasteiger partial charge in [0.05, 0.1) is 6.61 Å². The average Bonchev–Trinajstić information content (AvgIpc) is 2.48. The number of para-hydroxylation sites is 1. The van der Waals surface area contributed by atoms with Gasteiger partial charge in [-0.15, -0.1) is 0 Å². The highest BCUT2D eigenvalue weighted by atomic mass is 16.5. The van der Waals surface area contributed by atoms with Crippen LogP contribution in [-0.4, -0.2) is 37.7 Å². The predicted molar refractivity (Wildman–Crippen MR) is 82.1 cm³/mol. The van der Waals surface area contributed by atoms with Gasteiger partial charge < -0.3 is 15.0 Å². The molecule has 0 fully saturated rings. The number of rotatable bonds is 9. The highest BCUT2D eigenvalue weighted by Crippen LogP contribution is 2.08. The second kappa shape index (κ2) is 10.1. The fourth-order valence-electron chi connectivity index (χ4n) is 1.82. The van der Waals surface area contributed by atoms with Crippen molar-refractivity contribution in [3.05, 3.63) is 30.3 Å². The summed E-state index contributed by atoms with van der Waals surface area (Å²) in [6.07, 6.45) is 4.21. The van der Waals surface area contributed by atoms with Gasteiger partial charge in [0.2, 0.25) is 0 Å². The summed E-state index contributed by atoms with van der Waals surface area (Å²) < 4.78 is 5.59. The predicted octanol–water partition coefficient (Wildman–Crippen LogP) is 3.29. The molecule has 1 aromatic rings. The van der Waals surface area contributed by atoms with Crippen LogP contribution in [0.25, 0.3) is 0 Å². The lowest BCUT2D eigenvalue weighted by molar-refractivity contribution is 0.203. The number of carbonyl (C=O) groups is 1. The Bertz CT molecular complexity index is 368. The van der Waals surface area contributed by atoms with Gasteiger partial charge in [-0.2, -0.15) is 0 Å². The molecule has 112 valence electrons. The van der Waals surface area contributed by atoms with Crippen LogP contribution in [0.4, 0.5) is 4.79 Å². The van der Waals surface area contributed by atoms with Crippen molar-refractivity contribution in [2.24, 2.45) is 0 Å². The van der Waals surface area contributed by atoms with Gasteiger partial charge in [0.25, 0.3) is 0 Å². The van der Waals surface area contributed by atoms with Crippen molar-refractivity contribution in [1.29, 1.82) is 0 Å². The number of urea groups is 1. The summed E-state index contributed by atoms with van der Waals surface area (Å²) in [6.45, 7) is 4.24. The number of ether oxygens (including phenoxy) is 1. The third kappa shape index (κ3) is 7.02. The van der Waals surface area contributed by atoms with Gasteiger partial charge in [0.15, 0.2) is 0 Å². The van der Waals surface area contributed by atoms with E-state index in [1.807, 2.05) is 37.4 Å². The molecular weight excluding hydrogens is 252 g/mol. The SMILES string of the molecule is CCCCCNC(=O)N(C)CCCOc1ccccc1. The first-order valence-electron chi connectivity index (χ1n) is 7.41. The first kappa shape index (κ1) is 16.3. The molecule has 0 aliphatic carbocycles. The molecule has 0 atom stereocenters. The van der Waals surface area contributed by atoms with Crippen LogP contribution in [0, 0.1) is 0 Å². The van der Waals surface area contributed by atoms with Crippen molar-refractivity contribution in [2.45, 2.75) is 32.6 Å². The van der Waals surface area contributed by atoms with Crippen LogP contribution in [0.5, 0.6) is 5.75 Å². The Morgan fingerprint density at radius 2 is 1.95 bits per heavy atom. The van der Waals surface area contributed by atoms with Crippen molar-refractivity contribution in [1.82, 2.24) is 10.2 Å². The standard InChI is InChI=1S/C16H26N2O2/c1-3-4-8-12-17-16(19)18(2)13-9-14-20-15-10-6-5-7-11-15/h5-7,10-11H,3-4,8-9,12-14H2,1-2H3,(H,17,19). The molecule has 0 radical (unpaired) electrons. The minimum atomic E-state index is 0.000754. The molecular formula is C16H26N2O2. The van der Waals surface area contributed by atoms with E-state index in [-0.39, 0.29) is 6.03 Å². The molecule has 0 unspecified atom stereocenters. The van der Waals surface area contributed by atoms with E-state index >= 15 is 0 Å². The van der Waals surface area contributed by atoms with Gasteiger partial charge in [-0.3, -0.25) is 0 Å². The van der Waals surface area contributed by atoms with Crippen LogP contribution >= 0.6 is 0 Å². The van der Waals surface area contributed by atoms with Crippen molar-refractivity contribution < 1.29 is 9.53 Å². The van der Waals surface area contributed by atoms with Gasteiger partial charge >= 0.3 is 6.03 Å². The van der Waals surface area contributed by atoms with Crippen molar-refractivity contribution in [2.75, 3.05) is 26.7 Å². The van der Waals surface area contributed by atoms with Gasteiger partial charge in [0.1, 0.15) is 5.75 Å². The molecule has 1 rings (SSSR count). The van der Waals surface area contributed by atoms with Crippen molar-refractivity contribution >= 4 is 6.03 Å². The van der Waals surface area contributed by atoms with E-state index < -0.39 is 0 Å². The van der Waals surface area contributed by atoms with E-state index in [1.165, 1.54) is 6.42 Å². The highest BCUT2D eigenvalue weighted by molar-refractivity contribution is 5.73. The van der Waals surface area contributed by atoms with Crippen LogP contribution in [-0.2, 0) is 0 Å². The average molecular weight is 278 g/mol. The number of hydrogen-bond acceptors (Lipinski definition) is 2. The zero-order valence-corrected chi connectivity index (χ0v) is 12.6. The van der Waals surface area contributed by atoms with Crippen LogP contribution < -0.4 is 10.1 Å². The number of hydrogen-bond donors (Lipinski definition) is 1. The lowest BCUT2D eigenvalue weighted by Gasteiger charge is -2.18. The Balaban J connectivity index is 2.07. The summed E-state index contributed by atoms with van der Waals surface area (Å²) in [5, 5.41) is 2.92. The normalized spacial score (nSPS) is 10.1. The highest BCUT2D eigenvalue weighted by Gasteiger charge is 2.06. The molecule has 0 aromatic heterocycles. The fraction of sp³-hybridized carbons (Fsp3) is 0.562. The molecule has 0 saturated heterocycles. The molecule has 2 amide bonds. The molecule has 20 heavy (non-hydrogen) atoms. The van der Waals surface area contributed by atoms with Gasteiger partial charge in [-0.1, -0.05) is 38.0 Å². The Kier molecular flexibility index (Phi) is 8.27. The second-order valence-corrected chi connectivity index (χ2v) is 4.88. The molecule has 0 aliphatic rings. The van der Waals surface area contributed by atoms with Crippen molar-refractivity contribution in [3.8, 4) is 5.75 Å². The van der Waals surface area contributed by atoms with Crippen LogP contribution in [0.3, 0.4) is 0 Å². The molecule has 1 aromatic carbocycles. The molecule has 4 heteroatoms. The van der Waals surface area contributed by atoms with E-state index in [4.69, 9.17) is 4.74 Å². The first-order valence-corrected chi connectivity index (χ1v) is 7.41. The maximum atomic E-state index is 11.7. The second-order valence-electron chi connectivity index (χ2n) is 4.88. The van der Waals surface area contributed by atoms with Crippen LogP contribution in [0.15, 0.2) is 30.3 Å². The van der Waals surface area contributed by atoms with E-state index in [2.05, 4.69) is 12.2 Å². The summed E-state index contributed by atoms with van der Waals surface area (Å²) in [7, 11) is 1.82.